The minimum Gasteiger partial charge on any atom is -0.313 e. The molecule has 0 saturated carbocycles. The molecule has 1 aromatic heterocycles. The van der Waals surface area contributed by atoms with Gasteiger partial charge in [-0.2, -0.15) is 0 Å². The lowest BCUT2D eigenvalue weighted by molar-refractivity contribution is -0.116. The first-order chi connectivity index (χ1) is 9.81. The molecule has 0 bridgehead atoms. The number of carbonyl (C=O) groups is 1. The molecule has 2 N–H and O–H groups in total. The lowest BCUT2D eigenvalue weighted by Gasteiger charge is -2.08. The molecular weight excluding hydrogens is 270 g/mol. The van der Waals surface area contributed by atoms with Crippen LogP contribution >= 0.6 is 11.3 Å². The third kappa shape index (κ3) is 3.23. The summed E-state index contributed by atoms with van der Waals surface area (Å²) in [6, 6.07) is 10.4. The minimum absolute atomic E-state index is 0.0401. The number of hydrogen-bond donors (Lipinski definition) is 2. The van der Waals surface area contributed by atoms with E-state index >= 15 is 0 Å². The van der Waals surface area contributed by atoms with E-state index in [0.29, 0.717) is 17.6 Å². The molecule has 2 heterocycles. The summed E-state index contributed by atoms with van der Waals surface area (Å²) in [6.45, 7) is 1.02. The Morgan fingerprint density at radius 2 is 2.25 bits per heavy atom. The van der Waals surface area contributed by atoms with Crippen molar-refractivity contribution in [1.82, 2.24) is 10.3 Å². The van der Waals surface area contributed by atoms with Crippen LogP contribution < -0.4 is 10.6 Å². The Bertz CT molecular complexity index is 576. The molecule has 1 amide bonds. The number of thiazole rings is 1. The third-order valence-corrected chi connectivity index (χ3v) is 4.37. The van der Waals surface area contributed by atoms with E-state index < -0.39 is 0 Å². The van der Waals surface area contributed by atoms with Crippen LogP contribution in [0.25, 0.3) is 10.4 Å². The average Bonchev–Trinajstić information content (AvgIpc) is 3.11. The molecule has 0 radical (unpaired) electrons. The zero-order chi connectivity index (χ0) is 13.8. The lowest BCUT2D eigenvalue weighted by Crippen LogP contribution is -2.27. The number of rotatable bonds is 4. The fourth-order valence-electron chi connectivity index (χ4n) is 2.39. The lowest BCUT2D eigenvalue weighted by atomic mass is 10.1. The van der Waals surface area contributed by atoms with E-state index in [0.717, 1.165) is 29.8 Å². The topological polar surface area (TPSA) is 54.0 Å². The van der Waals surface area contributed by atoms with E-state index in [1.165, 1.54) is 11.3 Å². The van der Waals surface area contributed by atoms with Gasteiger partial charge in [-0.15, -0.1) is 0 Å². The molecule has 104 valence electrons. The maximum atomic E-state index is 11.9. The van der Waals surface area contributed by atoms with E-state index in [1.807, 2.05) is 36.5 Å². The Hall–Kier alpha value is -1.72. The van der Waals surface area contributed by atoms with Crippen LogP contribution in [0.2, 0.25) is 0 Å². The number of aromatic nitrogens is 1. The van der Waals surface area contributed by atoms with Crippen LogP contribution in [-0.4, -0.2) is 23.5 Å². The van der Waals surface area contributed by atoms with Crippen LogP contribution in [0.4, 0.5) is 5.13 Å². The molecule has 0 spiro atoms. The predicted octanol–water partition coefficient (Wildman–Crippen LogP) is 2.89. The average molecular weight is 287 g/mol. The summed E-state index contributed by atoms with van der Waals surface area (Å²) in [4.78, 5) is 17.3. The maximum absolute atomic E-state index is 11.9. The molecule has 3 rings (SSSR count). The van der Waals surface area contributed by atoms with Gasteiger partial charge in [0, 0.05) is 18.7 Å². The first kappa shape index (κ1) is 13.3. The minimum atomic E-state index is 0.0401. The van der Waals surface area contributed by atoms with Crippen LogP contribution in [-0.2, 0) is 4.79 Å². The Morgan fingerprint density at radius 1 is 1.40 bits per heavy atom. The SMILES string of the molecule is O=C(CC1CCCN1)Nc1ncc(-c2ccccc2)s1. The fourth-order valence-corrected chi connectivity index (χ4v) is 3.23. The van der Waals surface area contributed by atoms with Crippen molar-refractivity contribution in [2.45, 2.75) is 25.3 Å². The molecule has 1 unspecified atom stereocenters. The zero-order valence-electron chi connectivity index (χ0n) is 11.1. The number of carbonyl (C=O) groups excluding carboxylic acids is 1. The second-order valence-corrected chi connectivity index (χ2v) is 5.97. The zero-order valence-corrected chi connectivity index (χ0v) is 12.0. The molecular formula is C15H17N3OS. The molecule has 1 atom stereocenters. The molecule has 1 aliphatic rings. The van der Waals surface area contributed by atoms with Crippen molar-refractivity contribution in [3.8, 4) is 10.4 Å². The summed E-state index contributed by atoms with van der Waals surface area (Å²) >= 11 is 1.51. The van der Waals surface area contributed by atoms with Crippen LogP contribution in [0.5, 0.6) is 0 Å². The summed E-state index contributed by atoms with van der Waals surface area (Å²) in [5, 5.41) is 6.89. The van der Waals surface area contributed by atoms with Crippen LogP contribution in [0.1, 0.15) is 19.3 Å². The maximum Gasteiger partial charge on any atom is 0.227 e. The Balaban J connectivity index is 1.61. The van der Waals surface area contributed by atoms with Crippen molar-refractivity contribution in [2.75, 3.05) is 11.9 Å². The van der Waals surface area contributed by atoms with Crippen molar-refractivity contribution in [3.05, 3.63) is 36.5 Å². The predicted molar refractivity (Wildman–Crippen MR) is 81.8 cm³/mol. The van der Waals surface area contributed by atoms with E-state index in [4.69, 9.17) is 0 Å². The van der Waals surface area contributed by atoms with Gasteiger partial charge in [0.15, 0.2) is 5.13 Å². The fraction of sp³-hybridized carbons (Fsp3) is 0.333. The van der Waals surface area contributed by atoms with Crippen molar-refractivity contribution in [3.63, 3.8) is 0 Å². The van der Waals surface area contributed by atoms with Gasteiger partial charge in [-0.05, 0) is 24.9 Å². The van der Waals surface area contributed by atoms with Gasteiger partial charge in [-0.1, -0.05) is 41.7 Å². The van der Waals surface area contributed by atoms with Gasteiger partial charge in [0.2, 0.25) is 5.91 Å². The molecule has 0 aliphatic carbocycles. The van der Waals surface area contributed by atoms with Gasteiger partial charge < -0.3 is 10.6 Å². The van der Waals surface area contributed by atoms with Crippen LogP contribution in [0.15, 0.2) is 36.5 Å². The quantitative estimate of drug-likeness (QED) is 0.909. The number of nitrogens with one attached hydrogen (secondary N) is 2. The summed E-state index contributed by atoms with van der Waals surface area (Å²) in [5.74, 6) is 0.0401. The molecule has 5 heteroatoms. The molecule has 2 aromatic rings. The number of hydrogen-bond acceptors (Lipinski definition) is 4. The van der Waals surface area contributed by atoms with Gasteiger partial charge in [-0.25, -0.2) is 4.98 Å². The smallest absolute Gasteiger partial charge is 0.227 e. The van der Waals surface area contributed by atoms with E-state index in [1.54, 1.807) is 0 Å². The van der Waals surface area contributed by atoms with Gasteiger partial charge in [0.1, 0.15) is 0 Å². The van der Waals surface area contributed by atoms with E-state index in [9.17, 15) is 4.79 Å². The molecule has 1 aliphatic heterocycles. The van der Waals surface area contributed by atoms with Crippen molar-refractivity contribution in [2.24, 2.45) is 0 Å². The normalized spacial score (nSPS) is 18.1. The monoisotopic (exact) mass is 287 g/mol. The third-order valence-electron chi connectivity index (χ3n) is 3.40. The molecule has 1 saturated heterocycles. The summed E-state index contributed by atoms with van der Waals surface area (Å²) in [5.41, 5.74) is 1.13. The highest BCUT2D eigenvalue weighted by Crippen LogP contribution is 2.28. The van der Waals surface area contributed by atoms with Crippen LogP contribution in [0.3, 0.4) is 0 Å². The number of anilines is 1. The molecule has 1 fully saturated rings. The Morgan fingerprint density at radius 3 is 3.00 bits per heavy atom. The van der Waals surface area contributed by atoms with Crippen molar-refractivity contribution >= 4 is 22.4 Å². The molecule has 20 heavy (non-hydrogen) atoms. The number of nitrogens with zero attached hydrogens (tertiary/aromatic N) is 1. The summed E-state index contributed by atoms with van der Waals surface area (Å²) < 4.78 is 0. The largest absolute Gasteiger partial charge is 0.313 e. The van der Waals surface area contributed by atoms with E-state index in [2.05, 4.69) is 15.6 Å². The summed E-state index contributed by atoms with van der Waals surface area (Å²) in [7, 11) is 0. The summed E-state index contributed by atoms with van der Waals surface area (Å²) in [6.07, 6.45) is 4.58. The first-order valence-corrected chi connectivity index (χ1v) is 7.67. The number of amides is 1. The van der Waals surface area contributed by atoms with Gasteiger partial charge in [-0.3, -0.25) is 4.79 Å². The second-order valence-electron chi connectivity index (χ2n) is 4.94. The Labute approximate surface area is 122 Å². The van der Waals surface area contributed by atoms with Crippen molar-refractivity contribution < 1.29 is 4.79 Å². The van der Waals surface area contributed by atoms with E-state index in [-0.39, 0.29) is 5.91 Å². The first-order valence-electron chi connectivity index (χ1n) is 6.86. The van der Waals surface area contributed by atoms with Crippen molar-refractivity contribution in [1.29, 1.82) is 0 Å². The highest BCUT2D eigenvalue weighted by Gasteiger charge is 2.18. The van der Waals surface area contributed by atoms with Crippen LogP contribution in [0, 0.1) is 0 Å². The van der Waals surface area contributed by atoms with Gasteiger partial charge in [0.25, 0.3) is 0 Å². The standard InChI is InChI=1S/C15H17N3OS/c19-14(9-12-7-4-8-16-12)18-15-17-10-13(20-15)11-5-2-1-3-6-11/h1-3,5-6,10,12,16H,4,7-9H2,(H,17,18,19). The highest BCUT2D eigenvalue weighted by molar-refractivity contribution is 7.19. The van der Waals surface area contributed by atoms with Gasteiger partial charge >= 0.3 is 0 Å². The highest BCUT2D eigenvalue weighted by atomic mass is 32.1. The number of benzene rings is 1. The molecule has 4 nitrogen and oxygen atoms in total. The van der Waals surface area contributed by atoms with Gasteiger partial charge in [0.05, 0.1) is 4.88 Å². The molecule has 1 aromatic carbocycles. The Kier molecular flexibility index (Phi) is 4.08. The second kappa shape index (κ2) is 6.15.